The summed E-state index contributed by atoms with van der Waals surface area (Å²) in [7, 11) is 0. The normalized spacial score (nSPS) is 11.3. The monoisotopic (exact) mass is 373 g/mol. The molecular formula is C22H17N2O4-. The zero-order chi connectivity index (χ0) is 20.0. The van der Waals surface area contributed by atoms with E-state index < -0.39 is 17.5 Å². The van der Waals surface area contributed by atoms with E-state index in [4.69, 9.17) is 0 Å². The highest BCUT2D eigenvalue weighted by molar-refractivity contribution is 5.91. The van der Waals surface area contributed by atoms with Crippen LogP contribution in [0.5, 0.6) is 0 Å². The Hall–Kier alpha value is -3.77. The number of carboxylic acid groups (broad SMARTS) is 1. The molecule has 0 saturated carbocycles. The molecule has 0 bridgehead atoms. The van der Waals surface area contributed by atoms with Gasteiger partial charge in [-0.3, -0.25) is 4.79 Å². The van der Waals surface area contributed by atoms with Gasteiger partial charge in [-0.25, -0.2) is 5.43 Å². The molecule has 0 atom stereocenters. The molecule has 0 saturated heterocycles. The highest BCUT2D eigenvalue weighted by atomic mass is 16.4. The Morgan fingerprint density at radius 1 is 0.857 bits per heavy atom. The number of amides is 1. The van der Waals surface area contributed by atoms with Gasteiger partial charge < -0.3 is 15.0 Å². The summed E-state index contributed by atoms with van der Waals surface area (Å²) in [6, 6.07) is 23.0. The maximum atomic E-state index is 12.8. The van der Waals surface area contributed by atoms with Gasteiger partial charge >= 0.3 is 0 Å². The maximum Gasteiger partial charge on any atom is 0.281 e. The molecule has 6 heteroatoms. The van der Waals surface area contributed by atoms with E-state index >= 15 is 0 Å². The first kappa shape index (κ1) is 19.0. The molecule has 28 heavy (non-hydrogen) atoms. The molecule has 0 aromatic heterocycles. The molecule has 3 aromatic rings. The quantitative estimate of drug-likeness (QED) is 0.504. The molecule has 140 valence electrons. The minimum atomic E-state index is -1.92. The summed E-state index contributed by atoms with van der Waals surface area (Å²) < 4.78 is 0. The zero-order valence-electron chi connectivity index (χ0n) is 14.8. The predicted molar refractivity (Wildman–Crippen MR) is 102 cm³/mol. The smallest absolute Gasteiger partial charge is 0.281 e. The number of nitrogens with zero attached hydrogens (tertiary/aromatic N) is 1. The lowest BCUT2D eigenvalue weighted by atomic mass is 9.85. The third kappa shape index (κ3) is 3.97. The van der Waals surface area contributed by atoms with Crippen LogP contribution in [0.3, 0.4) is 0 Å². The van der Waals surface area contributed by atoms with E-state index in [2.05, 4.69) is 10.5 Å². The minimum absolute atomic E-state index is 0.0451. The van der Waals surface area contributed by atoms with Gasteiger partial charge in [-0.2, -0.15) is 5.10 Å². The average Bonchev–Trinajstić information content (AvgIpc) is 2.74. The summed E-state index contributed by atoms with van der Waals surface area (Å²) in [4.78, 5) is 23.6. The van der Waals surface area contributed by atoms with E-state index in [1.807, 2.05) is 0 Å². The molecule has 0 fully saturated rings. The van der Waals surface area contributed by atoms with Gasteiger partial charge in [0, 0.05) is 0 Å². The van der Waals surface area contributed by atoms with Crippen LogP contribution in [0.25, 0.3) is 0 Å². The number of carbonyl (C=O) groups excluding carboxylic acids is 2. The minimum Gasteiger partial charge on any atom is -0.545 e. The number of aliphatic hydroxyl groups is 1. The van der Waals surface area contributed by atoms with Crippen molar-refractivity contribution < 1.29 is 19.8 Å². The Labute approximate surface area is 161 Å². The lowest BCUT2D eigenvalue weighted by molar-refractivity contribution is -0.255. The lowest BCUT2D eigenvalue weighted by Crippen LogP contribution is -2.43. The first-order chi connectivity index (χ1) is 13.5. The third-order valence-electron chi connectivity index (χ3n) is 4.24. The topological polar surface area (TPSA) is 102 Å². The lowest BCUT2D eigenvalue weighted by Gasteiger charge is -2.27. The van der Waals surface area contributed by atoms with Crippen molar-refractivity contribution in [2.24, 2.45) is 5.10 Å². The van der Waals surface area contributed by atoms with Crippen molar-refractivity contribution in [1.29, 1.82) is 0 Å². The van der Waals surface area contributed by atoms with Crippen LogP contribution in [-0.4, -0.2) is 23.2 Å². The summed E-state index contributed by atoms with van der Waals surface area (Å²) in [5.41, 5.74) is 1.88. The number of hydrogen-bond acceptors (Lipinski definition) is 5. The van der Waals surface area contributed by atoms with Gasteiger partial charge in [-0.05, 0) is 22.3 Å². The van der Waals surface area contributed by atoms with E-state index in [9.17, 15) is 19.8 Å². The van der Waals surface area contributed by atoms with Crippen LogP contribution in [0.1, 0.15) is 27.0 Å². The number of rotatable bonds is 6. The molecule has 0 aliphatic carbocycles. The Morgan fingerprint density at radius 3 is 1.82 bits per heavy atom. The fraction of sp³-hybridized carbons (Fsp3) is 0.0455. The predicted octanol–water partition coefficient (Wildman–Crippen LogP) is 1.44. The average molecular weight is 373 g/mol. The van der Waals surface area contributed by atoms with Gasteiger partial charge in [-0.15, -0.1) is 0 Å². The summed E-state index contributed by atoms with van der Waals surface area (Å²) >= 11 is 0. The van der Waals surface area contributed by atoms with Crippen LogP contribution in [-0.2, 0) is 10.4 Å². The van der Waals surface area contributed by atoms with Crippen LogP contribution < -0.4 is 10.5 Å². The van der Waals surface area contributed by atoms with Crippen LogP contribution in [0.4, 0.5) is 0 Å². The van der Waals surface area contributed by atoms with Crippen molar-refractivity contribution in [2.75, 3.05) is 0 Å². The van der Waals surface area contributed by atoms with Crippen LogP contribution in [0, 0.1) is 0 Å². The molecule has 0 spiro atoms. The fourth-order valence-electron chi connectivity index (χ4n) is 2.74. The summed E-state index contributed by atoms with van der Waals surface area (Å²) in [6.07, 6.45) is 1.35. The Kier molecular flexibility index (Phi) is 5.62. The van der Waals surface area contributed by atoms with E-state index in [1.54, 1.807) is 60.7 Å². The number of carboxylic acids is 1. The van der Waals surface area contributed by atoms with E-state index in [1.165, 1.54) is 30.5 Å². The largest absolute Gasteiger partial charge is 0.545 e. The standard InChI is InChI=1S/C22H18N2O4/c25-20(26)17-13-11-16(12-14-17)15-23-24-21(27)22(28,18-7-3-1-4-8-18)19-9-5-2-6-10-19/h1-15,28H,(H,24,27)(H,25,26)/p-1/b23-15-. The van der Waals surface area contributed by atoms with Crippen molar-refractivity contribution in [1.82, 2.24) is 5.43 Å². The van der Waals surface area contributed by atoms with Crippen LogP contribution in [0.2, 0.25) is 0 Å². The molecule has 0 heterocycles. The second-order valence-electron chi connectivity index (χ2n) is 6.05. The molecule has 0 radical (unpaired) electrons. The molecule has 0 aliphatic rings. The van der Waals surface area contributed by atoms with Crippen molar-refractivity contribution in [3.8, 4) is 0 Å². The molecule has 0 aliphatic heterocycles. The number of hydrazone groups is 1. The summed E-state index contributed by atoms with van der Waals surface area (Å²) in [6.45, 7) is 0. The molecule has 0 unspecified atom stereocenters. The second-order valence-corrected chi connectivity index (χ2v) is 6.05. The van der Waals surface area contributed by atoms with Crippen molar-refractivity contribution in [3.63, 3.8) is 0 Å². The van der Waals surface area contributed by atoms with E-state index in [0.29, 0.717) is 16.7 Å². The van der Waals surface area contributed by atoms with E-state index in [0.717, 1.165) is 0 Å². The molecular weight excluding hydrogens is 356 g/mol. The highest BCUT2D eigenvalue weighted by Gasteiger charge is 2.39. The van der Waals surface area contributed by atoms with Crippen molar-refractivity contribution in [3.05, 3.63) is 107 Å². The summed E-state index contributed by atoms with van der Waals surface area (Å²) in [5.74, 6) is -1.99. The first-order valence-electron chi connectivity index (χ1n) is 8.50. The van der Waals surface area contributed by atoms with Crippen LogP contribution >= 0.6 is 0 Å². The van der Waals surface area contributed by atoms with Gasteiger partial charge in [0.25, 0.3) is 5.91 Å². The first-order valence-corrected chi connectivity index (χ1v) is 8.50. The second kappa shape index (κ2) is 8.28. The van der Waals surface area contributed by atoms with Crippen LogP contribution in [0.15, 0.2) is 90.0 Å². The number of nitrogens with one attached hydrogen (secondary N) is 1. The number of aromatic carboxylic acids is 1. The Morgan fingerprint density at radius 2 is 1.36 bits per heavy atom. The number of carbonyl (C=O) groups is 2. The zero-order valence-corrected chi connectivity index (χ0v) is 14.8. The highest BCUT2D eigenvalue weighted by Crippen LogP contribution is 2.29. The maximum absolute atomic E-state index is 12.8. The molecule has 2 N–H and O–H groups in total. The Balaban J connectivity index is 1.83. The van der Waals surface area contributed by atoms with Gasteiger partial charge in [0.05, 0.1) is 12.2 Å². The molecule has 6 nitrogen and oxygen atoms in total. The van der Waals surface area contributed by atoms with Gasteiger partial charge in [0.2, 0.25) is 0 Å². The fourth-order valence-corrected chi connectivity index (χ4v) is 2.74. The van der Waals surface area contributed by atoms with Gasteiger partial charge in [0.1, 0.15) is 0 Å². The molecule has 1 amide bonds. The summed E-state index contributed by atoms with van der Waals surface area (Å²) in [5, 5.41) is 25.9. The Bertz CT molecular complexity index is 945. The van der Waals surface area contributed by atoms with Crippen molar-refractivity contribution >= 4 is 18.1 Å². The molecule has 3 rings (SSSR count). The van der Waals surface area contributed by atoms with Crippen molar-refractivity contribution in [2.45, 2.75) is 5.60 Å². The van der Waals surface area contributed by atoms with E-state index in [-0.39, 0.29) is 5.56 Å². The third-order valence-corrected chi connectivity index (χ3v) is 4.24. The van der Waals surface area contributed by atoms with Gasteiger partial charge in [0.15, 0.2) is 5.60 Å². The van der Waals surface area contributed by atoms with Gasteiger partial charge in [-0.1, -0.05) is 84.9 Å². The number of hydrogen-bond donors (Lipinski definition) is 2. The molecule has 3 aromatic carbocycles. The number of benzene rings is 3. The SMILES string of the molecule is O=C([O-])c1ccc(/C=N\NC(=O)C(O)(c2ccccc2)c2ccccc2)cc1.